The van der Waals surface area contributed by atoms with Gasteiger partial charge in [0.1, 0.15) is 6.04 Å². The highest BCUT2D eigenvalue weighted by molar-refractivity contribution is 6.08. The number of nitrogens with zero attached hydrogens (tertiary/aromatic N) is 1. The number of hydrogen-bond donors (Lipinski definition) is 2. The number of amides is 3. The lowest BCUT2D eigenvalue weighted by molar-refractivity contribution is -0.123. The van der Waals surface area contributed by atoms with Crippen molar-refractivity contribution in [3.63, 3.8) is 0 Å². The second kappa shape index (κ2) is 11.0. The van der Waals surface area contributed by atoms with Crippen molar-refractivity contribution in [1.82, 2.24) is 5.32 Å². The molecular weight excluding hydrogens is 442 g/mol. The van der Waals surface area contributed by atoms with Crippen LogP contribution in [0.25, 0.3) is 0 Å². The minimum atomic E-state index is -0.901. The standard InChI is InChI=1S/C28H31N3O4/c1-19-10-12-21(13-11-19)26(27(33)30-22-7-4-3-5-8-22)31(28(34)25-9-6-18-35-25)24-16-14-23(15-17-24)29-20(2)32/h6,9-18,22,26H,3-5,7-8H2,1-2H3,(H,29,32)(H,30,33). The van der Waals surface area contributed by atoms with Crippen LogP contribution in [0.3, 0.4) is 0 Å². The van der Waals surface area contributed by atoms with Crippen LogP contribution in [0.1, 0.15) is 66.8 Å². The average Bonchev–Trinajstić information content (AvgIpc) is 3.39. The van der Waals surface area contributed by atoms with Gasteiger partial charge in [0.25, 0.3) is 5.91 Å². The summed E-state index contributed by atoms with van der Waals surface area (Å²) in [5, 5.41) is 5.93. The summed E-state index contributed by atoms with van der Waals surface area (Å²) < 4.78 is 5.43. The zero-order chi connectivity index (χ0) is 24.8. The zero-order valence-electron chi connectivity index (χ0n) is 20.1. The fourth-order valence-corrected chi connectivity index (χ4v) is 4.50. The lowest BCUT2D eigenvalue weighted by atomic mass is 9.94. The Morgan fingerprint density at radius 1 is 0.943 bits per heavy atom. The maximum absolute atomic E-state index is 13.8. The molecule has 1 saturated carbocycles. The summed E-state index contributed by atoms with van der Waals surface area (Å²) in [6.45, 7) is 3.41. The van der Waals surface area contributed by atoms with E-state index in [1.54, 1.807) is 36.4 Å². The van der Waals surface area contributed by atoms with Crippen LogP contribution in [-0.4, -0.2) is 23.8 Å². The number of anilines is 2. The molecule has 0 spiro atoms. The number of carbonyl (C=O) groups excluding carboxylic acids is 3. The zero-order valence-corrected chi connectivity index (χ0v) is 20.1. The fourth-order valence-electron chi connectivity index (χ4n) is 4.50. The Labute approximate surface area is 205 Å². The Hall–Kier alpha value is -3.87. The molecule has 7 nitrogen and oxygen atoms in total. The van der Waals surface area contributed by atoms with E-state index in [0.29, 0.717) is 16.9 Å². The van der Waals surface area contributed by atoms with Crippen molar-refractivity contribution >= 4 is 29.1 Å². The van der Waals surface area contributed by atoms with Crippen molar-refractivity contribution in [2.24, 2.45) is 0 Å². The van der Waals surface area contributed by atoms with E-state index >= 15 is 0 Å². The molecule has 1 heterocycles. The molecule has 182 valence electrons. The highest BCUT2D eigenvalue weighted by Crippen LogP contribution is 2.32. The summed E-state index contributed by atoms with van der Waals surface area (Å²) in [5.74, 6) is -0.706. The molecular formula is C28H31N3O4. The Morgan fingerprint density at radius 2 is 1.63 bits per heavy atom. The number of furan rings is 1. The maximum atomic E-state index is 13.8. The molecule has 1 aliphatic carbocycles. The summed E-state index contributed by atoms with van der Waals surface area (Å²) >= 11 is 0. The molecule has 35 heavy (non-hydrogen) atoms. The summed E-state index contributed by atoms with van der Waals surface area (Å²) in [4.78, 5) is 40.5. The largest absolute Gasteiger partial charge is 0.459 e. The molecule has 0 saturated heterocycles. The van der Waals surface area contributed by atoms with Gasteiger partial charge < -0.3 is 15.1 Å². The molecule has 1 unspecified atom stereocenters. The van der Waals surface area contributed by atoms with E-state index in [-0.39, 0.29) is 23.6 Å². The predicted molar refractivity (Wildman–Crippen MR) is 135 cm³/mol. The van der Waals surface area contributed by atoms with Crippen molar-refractivity contribution in [3.05, 3.63) is 83.8 Å². The highest BCUT2D eigenvalue weighted by atomic mass is 16.3. The first-order valence-corrected chi connectivity index (χ1v) is 12.0. The molecule has 0 bridgehead atoms. The minimum Gasteiger partial charge on any atom is -0.459 e. The maximum Gasteiger partial charge on any atom is 0.294 e. The first kappa shape index (κ1) is 24.3. The smallest absolute Gasteiger partial charge is 0.294 e. The van der Waals surface area contributed by atoms with Gasteiger partial charge in [0.05, 0.1) is 6.26 Å². The summed E-state index contributed by atoms with van der Waals surface area (Å²) in [5.41, 5.74) is 2.88. The van der Waals surface area contributed by atoms with Crippen molar-refractivity contribution < 1.29 is 18.8 Å². The van der Waals surface area contributed by atoms with Gasteiger partial charge in [-0.15, -0.1) is 0 Å². The Kier molecular flexibility index (Phi) is 7.65. The fraction of sp³-hybridized carbons (Fsp3) is 0.321. The number of nitrogens with one attached hydrogen (secondary N) is 2. The van der Waals surface area contributed by atoms with Crippen LogP contribution in [0.2, 0.25) is 0 Å². The third-order valence-electron chi connectivity index (χ3n) is 6.27. The van der Waals surface area contributed by atoms with E-state index in [1.807, 2.05) is 31.2 Å². The predicted octanol–water partition coefficient (Wildman–Crippen LogP) is 5.38. The van der Waals surface area contributed by atoms with Crippen molar-refractivity contribution in [2.45, 2.75) is 58.0 Å². The van der Waals surface area contributed by atoms with E-state index in [4.69, 9.17) is 4.42 Å². The van der Waals surface area contributed by atoms with E-state index in [9.17, 15) is 14.4 Å². The summed E-state index contributed by atoms with van der Waals surface area (Å²) in [6, 6.07) is 16.9. The molecule has 2 N–H and O–H groups in total. The number of carbonyl (C=O) groups is 3. The molecule has 1 aromatic heterocycles. The topological polar surface area (TPSA) is 91.7 Å². The lowest BCUT2D eigenvalue weighted by Crippen LogP contribution is -2.47. The van der Waals surface area contributed by atoms with Gasteiger partial charge in [0, 0.05) is 24.3 Å². The summed E-state index contributed by atoms with van der Waals surface area (Å²) in [7, 11) is 0. The van der Waals surface area contributed by atoms with Crippen LogP contribution in [-0.2, 0) is 9.59 Å². The van der Waals surface area contributed by atoms with Crippen LogP contribution in [0.4, 0.5) is 11.4 Å². The lowest BCUT2D eigenvalue weighted by Gasteiger charge is -2.33. The Balaban J connectivity index is 1.76. The second-order valence-electron chi connectivity index (χ2n) is 9.04. The molecule has 1 atom stereocenters. The van der Waals surface area contributed by atoms with Gasteiger partial charge in [-0.1, -0.05) is 49.1 Å². The van der Waals surface area contributed by atoms with Crippen molar-refractivity contribution in [2.75, 3.05) is 10.2 Å². The molecule has 0 radical (unpaired) electrons. The third-order valence-corrected chi connectivity index (χ3v) is 6.27. The molecule has 3 aromatic rings. The van der Waals surface area contributed by atoms with Gasteiger partial charge in [0.2, 0.25) is 11.8 Å². The molecule has 7 heteroatoms. The molecule has 2 aromatic carbocycles. The second-order valence-corrected chi connectivity index (χ2v) is 9.04. The van der Waals surface area contributed by atoms with Crippen molar-refractivity contribution in [1.29, 1.82) is 0 Å². The van der Waals surface area contributed by atoms with Crippen LogP contribution < -0.4 is 15.5 Å². The van der Waals surface area contributed by atoms with Crippen LogP contribution in [0.15, 0.2) is 71.3 Å². The monoisotopic (exact) mass is 473 g/mol. The molecule has 3 amide bonds. The first-order chi connectivity index (χ1) is 16.9. The van der Waals surface area contributed by atoms with Crippen LogP contribution >= 0.6 is 0 Å². The van der Waals surface area contributed by atoms with Gasteiger partial charge in [-0.25, -0.2) is 0 Å². The van der Waals surface area contributed by atoms with E-state index < -0.39 is 11.9 Å². The third kappa shape index (κ3) is 5.98. The SMILES string of the molecule is CC(=O)Nc1ccc(N(C(=O)c2ccco2)C(C(=O)NC2CCCCC2)c2ccc(C)cc2)cc1. The summed E-state index contributed by atoms with van der Waals surface area (Å²) in [6.07, 6.45) is 6.65. The Bertz CT molecular complexity index is 1150. The van der Waals surface area contributed by atoms with Gasteiger partial charge >= 0.3 is 0 Å². The molecule has 1 aliphatic rings. The number of benzene rings is 2. The van der Waals surface area contributed by atoms with Crippen molar-refractivity contribution in [3.8, 4) is 0 Å². The molecule has 0 aliphatic heterocycles. The van der Waals surface area contributed by atoms with Gasteiger partial charge in [0.15, 0.2) is 5.76 Å². The molecule has 4 rings (SSSR count). The Morgan fingerprint density at radius 3 is 2.23 bits per heavy atom. The van der Waals surface area contributed by atoms with Gasteiger partial charge in [-0.3, -0.25) is 19.3 Å². The van der Waals surface area contributed by atoms with Gasteiger partial charge in [-0.05, 0) is 61.7 Å². The van der Waals surface area contributed by atoms with Gasteiger partial charge in [-0.2, -0.15) is 0 Å². The van der Waals surface area contributed by atoms with E-state index in [0.717, 1.165) is 31.2 Å². The number of aryl methyl sites for hydroxylation is 1. The van der Waals surface area contributed by atoms with Crippen LogP contribution in [0.5, 0.6) is 0 Å². The normalized spacial score (nSPS) is 14.7. The number of rotatable bonds is 7. The molecule has 1 fully saturated rings. The van der Waals surface area contributed by atoms with E-state index in [1.165, 1.54) is 24.5 Å². The van der Waals surface area contributed by atoms with E-state index in [2.05, 4.69) is 10.6 Å². The quantitative estimate of drug-likeness (QED) is 0.482. The van der Waals surface area contributed by atoms with Crippen LogP contribution in [0, 0.1) is 6.92 Å². The highest BCUT2D eigenvalue weighted by Gasteiger charge is 2.35. The number of hydrogen-bond acceptors (Lipinski definition) is 4. The minimum absolute atomic E-state index is 0.0897. The first-order valence-electron chi connectivity index (χ1n) is 12.0. The average molecular weight is 474 g/mol.